The van der Waals surface area contributed by atoms with Crippen LogP contribution in [0.25, 0.3) is 22.2 Å². The van der Waals surface area contributed by atoms with Gasteiger partial charge in [-0.3, -0.25) is 14.2 Å². The molecule has 11 nitrogen and oxygen atoms in total. The third-order valence-corrected chi connectivity index (χ3v) is 6.76. The molecular formula is C27H33ClN6O5. The Morgan fingerprint density at radius 2 is 1.97 bits per heavy atom. The zero-order chi connectivity index (χ0) is 28.1. The van der Waals surface area contributed by atoms with E-state index in [1.165, 1.54) is 14.2 Å². The molecule has 0 unspecified atom stereocenters. The number of hydrogen-bond acceptors (Lipinski definition) is 9. The van der Waals surface area contributed by atoms with Crippen molar-refractivity contribution in [2.75, 3.05) is 66.9 Å². The van der Waals surface area contributed by atoms with Gasteiger partial charge in [-0.1, -0.05) is 17.7 Å². The summed E-state index contributed by atoms with van der Waals surface area (Å²) in [6, 6.07) is 5.07. The largest absolute Gasteiger partial charge is 0.497 e. The second-order valence-corrected chi connectivity index (χ2v) is 9.71. The summed E-state index contributed by atoms with van der Waals surface area (Å²) >= 11 is 6.62. The van der Waals surface area contributed by atoms with E-state index in [2.05, 4.69) is 15.3 Å². The van der Waals surface area contributed by atoms with Crippen LogP contribution in [0.5, 0.6) is 11.5 Å². The molecule has 1 saturated heterocycles. The van der Waals surface area contributed by atoms with Crippen molar-refractivity contribution in [1.82, 2.24) is 24.3 Å². The van der Waals surface area contributed by atoms with Gasteiger partial charge < -0.3 is 29.3 Å². The van der Waals surface area contributed by atoms with Gasteiger partial charge in [-0.15, -0.1) is 0 Å². The molecule has 208 valence electrons. The topological polar surface area (TPSA) is 111 Å². The number of halogens is 1. The van der Waals surface area contributed by atoms with Crippen molar-refractivity contribution in [3.8, 4) is 22.6 Å². The minimum absolute atomic E-state index is 0.0338. The van der Waals surface area contributed by atoms with Crippen LogP contribution in [-0.2, 0) is 16.1 Å². The number of ether oxygens (including phenoxy) is 3. The fourth-order valence-corrected chi connectivity index (χ4v) is 4.51. The average Bonchev–Trinajstić information content (AvgIpc) is 2.90. The fraction of sp³-hybridized carbons (Fsp3) is 0.407. The quantitative estimate of drug-likeness (QED) is 0.356. The molecule has 3 aromatic rings. The second kappa shape index (κ2) is 12.5. The highest BCUT2D eigenvalue weighted by Gasteiger charge is 2.30. The van der Waals surface area contributed by atoms with Crippen LogP contribution >= 0.6 is 11.6 Å². The maximum Gasteiger partial charge on any atom is 0.260 e. The summed E-state index contributed by atoms with van der Waals surface area (Å²) in [5, 5.41) is 3.87. The lowest BCUT2D eigenvalue weighted by atomic mass is 10.0. The molecular weight excluding hydrogens is 524 g/mol. The molecule has 0 saturated carbocycles. The molecule has 1 N–H and O–H groups in total. The van der Waals surface area contributed by atoms with Gasteiger partial charge in [0.1, 0.15) is 17.1 Å². The molecule has 2 aromatic heterocycles. The summed E-state index contributed by atoms with van der Waals surface area (Å²) in [5.74, 6) is 1.25. The molecule has 0 bridgehead atoms. The molecule has 12 heteroatoms. The third kappa shape index (κ3) is 6.32. The molecule has 39 heavy (non-hydrogen) atoms. The van der Waals surface area contributed by atoms with E-state index in [1.54, 1.807) is 47.0 Å². The fourth-order valence-electron chi connectivity index (χ4n) is 4.22. The minimum Gasteiger partial charge on any atom is -0.497 e. The molecule has 0 spiro atoms. The highest BCUT2D eigenvalue weighted by molar-refractivity contribution is 6.35. The van der Waals surface area contributed by atoms with Crippen molar-refractivity contribution < 1.29 is 19.0 Å². The van der Waals surface area contributed by atoms with Crippen molar-refractivity contribution in [1.29, 1.82) is 0 Å². The monoisotopic (exact) mass is 556 g/mol. The third-order valence-electron chi connectivity index (χ3n) is 6.37. The molecule has 0 radical (unpaired) electrons. The average molecular weight is 557 g/mol. The van der Waals surface area contributed by atoms with Gasteiger partial charge in [-0.25, -0.2) is 4.98 Å². The molecule has 1 aliphatic rings. The Morgan fingerprint density at radius 1 is 1.21 bits per heavy atom. The summed E-state index contributed by atoms with van der Waals surface area (Å²) in [6.07, 6.45) is 4.98. The van der Waals surface area contributed by atoms with Gasteiger partial charge in [0.2, 0.25) is 11.9 Å². The number of aromatic nitrogens is 3. The first-order valence-corrected chi connectivity index (χ1v) is 12.9. The van der Waals surface area contributed by atoms with Crippen LogP contribution in [0.1, 0.15) is 0 Å². The summed E-state index contributed by atoms with van der Waals surface area (Å²) in [6.45, 7) is 2.22. The Kier molecular flexibility index (Phi) is 9.05. The first-order chi connectivity index (χ1) is 18.7. The number of likely N-dealkylation sites (tertiary alicyclic amines) is 1. The standard InChI is InChI=1S/C27H33ClN6O5/c1-29-27-30-14-17-11-21(20-12-18(37-4)13-22(38-5)24(20)28)26(36)34(25(17)31-27)9-10-39-19-15-33(16-19)23(35)7-6-8-32(2)3/h6-7,11-14,19H,8-10,15-16H2,1-5H3,(H,29,30,31). The number of anilines is 1. The number of methoxy groups -OCH3 is 2. The summed E-state index contributed by atoms with van der Waals surface area (Å²) in [7, 11) is 8.64. The van der Waals surface area contributed by atoms with Gasteiger partial charge in [0.25, 0.3) is 5.56 Å². The highest BCUT2D eigenvalue weighted by Crippen LogP contribution is 2.38. The number of rotatable bonds is 11. The van der Waals surface area contributed by atoms with Crippen LogP contribution in [0.2, 0.25) is 5.02 Å². The van der Waals surface area contributed by atoms with Crippen LogP contribution in [-0.4, -0.2) is 97.9 Å². The summed E-state index contributed by atoms with van der Waals surface area (Å²) in [4.78, 5) is 38.6. The number of pyridine rings is 1. The van der Waals surface area contributed by atoms with E-state index in [0.29, 0.717) is 64.3 Å². The Labute approximate surface area is 231 Å². The Morgan fingerprint density at radius 3 is 2.64 bits per heavy atom. The number of fused-ring (bicyclic) bond motifs is 1. The SMILES string of the molecule is CNc1ncc2cc(-c3cc(OC)cc(OC)c3Cl)c(=O)n(CCOC3CN(C(=O)C=CCN(C)C)C3)c2n1. The number of nitrogens with zero attached hydrogens (tertiary/aromatic N) is 5. The van der Waals surface area contributed by atoms with Gasteiger partial charge in [-0.05, 0) is 26.2 Å². The Bertz CT molecular complexity index is 1430. The van der Waals surface area contributed by atoms with E-state index in [-0.39, 0.29) is 30.7 Å². The van der Waals surface area contributed by atoms with Crippen LogP contribution < -0.4 is 20.3 Å². The van der Waals surface area contributed by atoms with Gasteiger partial charge in [0.15, 0.2) is 0 Å². The van der Waals surface area contributed by atoms with Gasteiger partial charge in [0, 0.05) is 61.5 Å². The van der Waals surface area contributed by atoms with Gasteiger partial charge in [0.05, 0.1) is 38.5 Å². The lowest BCUT2D eigenvalue weighted by molar-refractivity contribution is -0.139. The van der Waals surface area contributed by atoms with Crippen LogP contribution in [0.3, 0.4) is 0 Å². The molecule has 3 heterocycles. The van der Waals surface area contributed by atoms with Crippen molar-refractivity contribution in [2.45, 2.75) is 12.6 Å². The first-order valence-electron chi connectivity index (χ1n) is 12.5. The van der Waals surface area contributed by atoms with Crippen LogP contribution in [0.15, 0.2) is 41.3 Å². The lowest BCUT2D eigenvalue weighted by Crippen LogP contribution is -2.54. The van der Waals surface area contributed by atoms with Crippen LogP contribution in [0.4, 0.5) is 5.95 Å². The predicted octanol–water partition coefficient (Wildman–Crippen LogP) is 2.52. The number of amides is 1. The number of carbonyl (C=O) groups is 1. The van der Waals surface area contributed by atoms with Crippen molar-refractivity contribution in [3.63, 3.8) is 0 Å². The van der Waals surface area contributed by atoms with E-state index >= 15 is 0 Å². The first kappa shape index (κ1) is 28.3. The molecule has 0 atom stereocenters. The number of benzene rings is 1. The lowest BCUT2D eigenvalue weighted by Gasteiger charge is -2.38. The normalized spacial score (nSPS) is 13.8. The van der Waals surface area contributed by atoms with Crippen LogP contribution in [0, 0.1) is 0 Å². The number of likely N-dealkylation sites (N-methyl/N-ethyl adjacent to an activating group) is 1. The van der Waals surface area contributed by atoms with Gasteiger partial charge in [-0.2, -0.15) is 4.98 Å². The zero-order valence-electron chi connectivity index (χ0n) is 22.7. The molecule has 1 fully saturated rings. The number of hydrogen-bond donors (Lipinski definition) is 1. The smallest absolute Gasteiger partial charge is 0.260 e. The van der Waals surface area contributed by atoms with E-state index in [9.17, 15) is 9.59 Å². The van der Waals surface area contributed by atoms with E-state index in [4.69, 9.17) is 25.8 Å². The summed E-state index contributed by atoms with van der Waals surface area (Å²) in [5.41, 5.74) is 1.01. The maximum absolute atomic E-state index is 13.8. The Balaban J connectivity index is 1.57. The van der Waals surface area contributed by atoms with Crippen molar-refractivity contribution >= 4 is 34.5 Å². The zero-order valence-corrected chi connectivity index (χ0v) is 23.5. The van der Waals surface area contributed by atoms with Gasteiger partial charge >= 0.3 is 0 Å². The van der Waals surface area contributed by atoms with E-state index in [0.717, 1.165) is 0 Å². The Hall–Kier alpha value is -3.67. The minimum atomic E-state index is -0.291. The maximum atomic E-state index is 13.8. The molecule has 0 aliphatic carbocycles. The number of nitrogens with one attached hydrogen (secondary N) is 1. The molecule has 4 rings (SSSR count). The second-order valence-electron chi connectivity index (χ2n) is 9.33. The molecule has 1 amide bonds. The molecule has 1 aromatic carbocycles. The van der Waals surface area contributed by atoms with E-state index in [1.807, 2.05) is 25.1 Å². The van der Waals surface area contributed by atoms with E-state index < -0.39 is 0 Å². The predicted molar refractivity (Wildman–Crippen MR) is 151 cm³/mol. The van der Waals surface area contributed by atoms with Crippen molar-refractivity contribution in [3.05, 3.63) is 51.9 Å². The number of carbonyl (C=O) groups excluding carboxylic acids is 1. The molecule has 1 aliphatic heterocycles. The van der Waals surface area contributed by atoms with Crippen molar-refractivity contribution in [2.24, 2.45) is 0 Å². The highest BCUT2D eigenvalue weighted by atomic mass is 35.5. The summed E-state index contributed by atoms with van der Waals surface area (Å²) < 4.78 is 18.3.